The minimum absolute atomic E-state index is 0.0211. The van der Waals surface area contributed by atoms with Gasteiger partial charge in [-0.1, -0.05) is 6.07 Å². The number of piperazine rings is 1. The Balaban J connectivity index is 1.17. The van der Waals surface area contributed by atoms with Crippen LogP contribution in [0.25, 0.3) is 16.7 Å². The van der Waals surface area contributed by atoms with Crippen LogP contribution >= 0.6 is 0 Å². The van der Waals surface area contributed by atoms with Gasteiger partial charge in [0.05, 0.1) is 17.6 Å². The van der Waals surface area contributed by atoms with Gasteiger partial charge in [-0.05, 0) is 61.0 Å². The smallest absolute Gasteiger partial charge is 0.355 e. The molecule has 0 radical (unpaired) electrons. The molecule has 39 heavy (non-hydrogen) atoms. The number of fused-ring (bicyclic) bond motifs is 2. The summed E-state index contributed by atoms with van der Waals surface area (Å²) in [4.78, 5) is 30.4. The molecular weight excluding hydrogens is 503 g/mol. The third kappa shape index (κ3) is 4.95. The van der Waals surface area contributed by atoms with Gasteiger partial charge in [0.2, 0.25) is 12.7 Å². The fourth-order valence-corrected chi connectivity index (χ4v) is 5.20. The van der Waals surface area contributed by atoms with Crippen molar-refractivity contribution in [2.75, 3.05) is 39.6 Å². The summed E-state index contributed by atoms with van der Waals surface area (Å²) in [5.41, 5.74) is 3.68. The lowest BCUT2D eigenvalue weighted by atomic mass is 10.1. The van der Waals surface area contributed by atoms with E-state index >= 15 is 0 Å². The minimum atomic E-state index is -0.485. The Bertz CT molecular complexity index is 1520. The number of amides is 1. The molecular formula is C29H29FN4O5. The highest BCUT2D eigenvalue weighted by molar-refractivity contribution is 5.96. The highest BCUT2D eigenvalue weighted by Gasteiger charge is 2.26. The van der Waals surface area contributed by atoms with Crippen LogP contribution in [0.5, 0.6) is 11.5 Å². The number of benzene rings is 2. The first kappa shape index (κ1) is 25.0. The van der Waals surface area contributed by atoms with Crippen molar-refractivity contribution in [1.29, 1.82) is 0 Å². The number of aromatic nitrogens is 2. The van der Waals surface area contributed by atoms with Crippen LogP contribution in [0.3, 0.4) is 0 Å². The van der Waals surface area contributed by atoms with Crippen LogP contribution in [0.15, 0.2) is 60.8 Å². The average molecular weight is 533 g/mol. The third-order valence-electron chi connectivity index (χ3n) is 7.21. The highest BCUT2D eigenvalue weighted by Crippen LogP contribution is 2.33. The lowest BCUT2D eigenvalue weighted by molar-refractivity contribution is -0.133. The van der Waals surface area contributed by atoms with E-state index in [0.29, 0.717) is 18.8 Å². The molecule has 9 nitrogen and oxygen atoms in total. The van der Waals surface area contributed by atoms with E-state index in [9.17, 15) is 14.0 Å². The highest BCUT2D eigenvalue weighted by atomic mass is 19.1. The second-order valence-corrected chi connectivity index (χ2v) is 9.61. The molecule has 1 amide bonds. The molecule has 2 aliphatic rings. The maximum atomic E-state index is 13.5. The molecule has 4 aromatic rings. The molecule has 202 valence electrons. The molecule has 1 fully saturated rings. The number of esters is 1. The molecule has 2 aromatic carbocycles. The average Bonchev–Trinajstić information content (AvgIpc) is 3.66. The first-order valence-corrected chi connectivity index (χ1v) is 13.0. The van der Waals surface area contributed by atoms with Gasteiger partial charge in [-0.15, -0.1) is 0 Å². The summed E-state index contributed by atoms with van der Waals surface area (Å²) in [5.74, 6) is 0.665. The number of rotatable bonds is 7. The zero-order chi connectivity index (χ0) is 26.9. The number of nitrogens with zero attached hydrogens (tertiary/aromatic N) is 4. The summed E-state index contributed by atoms with van der Waals surface area (Å²) in [6.07, 6.45) is 1.85. The normalized spacial score (nSPS) is 15.2. The first-order valence-electron chi connectivity index (χ1n) is 13.0. The monoisotopic (exact) mass is 532 g/mol. The predicted octanol–water partition coefficient (Wildman–Crippen LogP) is 3.82. The number of carbonyl (C=O) groups is 2. The summed E-state index contributed by atoms with van der Waals surface area (Å²) in [7, 11) is 0. The second kappa shape index (κ2) is 10.5. The standard InChI is InChI=1S/C29H29FN4O5/c1-2-37-29(36)25-16-24-23(9-10-33(24)22-6-4-21(30)5-7-22)34(25)18-28(35)32-13-11-31(12-14-32)17-20-3-8-26-27(15-20)39-19-38-26/h3-10,15-16H,2,11-14,17-19H2,1H3. The Morgan fingerprint density at radius 2 is 1.69 bits per heavy atom. The van der Waals surface area contributed by atoms with E-state index in [1.54, 1.807) is 29.7 Å². The molecule has 4 heterocycles. The minimum Gasteiger partial charge on any atom is -0.461 e. The van der Waals surface area contributed by atoms with Crippen molar-refractivity contribution in [1.82, 2.24) is 18.9 Å². The van der Waals surface area contributed by atoms with Crippen molar-refractivity contribution in [3.63, 3.8) is 0 Å². The quantitative estimate of drug-likeness (QED) is 0.337. The zero-order valence-electron chi connectivity index (χ0n) is 21.6. The van der Waals surface area contributed by atoms with Gasteiger partial charge >= 0.3 is 5.97 Å². The summed E-state index contributed by atoms with van der Waals surface area (Å²) >= 11 is 0. The molecule has 10 heteroatoms. The summed E-state index contributed by atoms with van der Waals surface area (Å²) in [6, 6.07) is 15.7. The van der Waals surface area contributed by atoms with Crippen molar-refractivity contribution in [3.05, 3.63) is 77.9 Å². The number of halogens is 1. The van der Waals surface area contributed by atoms with Crippen molar-refractivity contribution in [2.45, 2.75) is 20.0 Å². The van der Waals surface area contributed by atoms with Crippen molar-refractivity contribution in [2.24, 2.45) is 0 Å². The largest absolute Gasteiger partial charge is 0.461 e. The molecule has 0 aliphatic carbocycles. The Morgan fingerprint density at radius 1 is 0.923 bits per heavy atom. The zero-order valence-corrected chi connectivity index (χ0v) is 21.6. The van der Waals surface area contributed by atoms with E-state index in [1.807, 2.05) is 39.9 Å². The van der Waals surface area contributed by atoms with Gasteiger partial charge in [0.15, 0.2) is 11.5 Å². The van der Waals surface area contributed by atoms with Crippen molar-refractivity contribution >= 4 is 22.9 Å². The maximum Gasteiger partial charge on any atom is 0.355 e. The molecule has 0 N–H and O–H groups in total. The number of ether oxygens (including phenoxy) is 3. The number of hydrogen-bond acceptors (Lipinski definition) is 6. The Labute approximate surface area is 224 Å². The first-order chi connectivity index (χ1) is 19.0. The van der Waals surface area contributed by atoms with Crippen LogP contribution in [0.4, 0.5) is 4.39 Å². The lowest BCUT2D eigenvalue weighted by Gasteiger charge is -2.35. The maximum absolute atomic E-state index is 13.5. The second-order valence-electron chi connectivity index (χ2n) is 9.61. The van der Waals surface area contributed by atoms with E-state index in [4.69, 9.17) is 14.2 Å². The third-order valence-corrected chi connectivity index (χ3v) is 7.21. The molecule has 2 aromatic heterocycles. The number of carbonyl (C=O) groups excluding carboxylic acids is 2. The van der Waals surface area contributed by atoms with Gasteiger partial charge in [0.1, 0.15) is 18.1 Å². The molecule has 6 rings (SSSR count). The lowest BCUT2D eigenvalue weighted by Crippen LogP contribution is -2.49. The van der Waals surface area contributed by atoms with Crippen LogP contribution in [-0.2, 0) is 22.6 Å². The predicted molar refractivity (Wildman–Crippen MR) is 142 cm³/mol. The molecule has 0 unspecified atom stereocenters. The van der Waals surface area contributed by atoms with Gasteiger partial charge < -0.3 is 28.2 Å². The van der Waals surface area contributed by atoms with Crippen LogP contribution in [0.1, 0.15) is 23.0 Å². The summed E-state index contributed by atoms with van der Waals surface area (Å²) in [5, 5.41) is 0. The van der Waals surface area contributed by atoms with Crippen molar-refractivity contribution in [3.8, 4) is 17.2 Å². The van der Waals surface area contributed by atoms with Crippen LogP contribution in [-0.4, -0.2) is 70.4 Å². The SMILES string of the molecule is CCOC(=O)c1cc2c(ccn2-c2ccc(F)cc2)n1CC(=O)N1CCN(Cc2ccc3c(c2)OCO3)CC1. The Morgan fingerprint density at radius 3 is 2.46 bits per heavy atom. The molecule has 1 saturated heterocycles. The van der Waals surface area contributed by atoms with Gasteiger partial charge in [0, 0.05) is 44.6 Å². The van der Waals surface area contributed by atoms with Crippen LogP contribution in [0.2, 0.25) is 0 Å². The van der Waals surface area contributed by atoms with Gasteiger partial charge in [-0.3, -0.25) is 9.69 Å². The molecule has 2 aliphatic heterocycles. The number of hydrogen-bond donors (Lipinski definition) is 0. The van der Waals surface area contributed by atoms with E-state index in [0.717, 1.165) is 53.4 Å². The molecule has 0 bridgehead atoms. The van der Waals surface area contributed by atoms with Crippen molar-refractivity contribution < 1.29 is 28.2 Å². The molecule has 0 spiro atoms. The summed E-state index contributed by atoms with van der Waals surface area (Å²) < 4.78 is 33.2. The van der Waals surface area contributed by atoms with E-state index in [1.165, 1.54) is 12.1 Å². The van der Waals surface area contributed by atoms with Gasteiger partial charge in [-0.25, -0.2) is 9.18 Å². The van der Waals surface area contributed by atoms with Gasteiger partial charge in [-0.2, -0.15) is 0 Å². The van der Waals surface area contributed by atoms with E-state index < -0.39 is 5.97 Å². The fourth-order valence-electron chi connectivity index (χ4n) is 5.20. The van der Waals surface area contributed by atoms with Crippen LogP contribution in [0, 0.1) is 5.82 Å². The summed E-state index contributed by atoms with van der Waals surface area (Å²) in [6.45, 7) is 5.69. The molecule has 0 atom stereocenters. The Hall–Kier alpha value is -4.31. The topological polar surface area (TPSA) is 78.2 Å². The fraction of sp³-hybridized carbons (Fsp3) is 0.310. The van der Waals surface area contributed by atoms with E-state index in [2.05, 4.69) is 4.90 Å². The van der Waals surface area contributed by atoms with Gasteiger partial charge in [0.25, 0.3) is 0 Å². The van der Waals surface area contributed by atoms with Crippen LogP contribution < -0.4 is 9.47 Å². The molecule has 0 saturated carbocycles. The van der Waals surface area contributed by atoms with E-state index in [-0.39, 0.29) is 31.7 Å². The Kier molecular flexibility index (Phi) is 6.70.